The lowest BCUT2D eigenvalue weighted by molar-refractivity contribution is 0.568. The van der Waals surface area contributed by atoms with Crippen LogP contribution in [0.15, 0.2) is 57.7 Å². The molecule has 102 valence electrons. The topological polar surface area (TPSA) is 58.9 Å². The molecule has 0 saturated heterocycles. The second-order valence-electron chi connectivity index (χ2n) is 4.70. The number of hydrogen-bond donors (Lipinski definition) is 1. The normalized spacial score (nSPS) is 11.3. The van der Waals surface area contributed by atoms with E-state index in [2.05, 4.69) is 9.97 Å². The molecular formula is C16H9FN2O2. The van der Waals surface area contributed by atoms with Gasteiger partial charge in [0.05, 0.1) is 5.52 Å². The van der Waals surface area contributed by atoms with Crippen molar-refractivity contribution in [3.05, 3.63) is 64.8 Å². The number of rotatable bonds is 1. The lowest BCUT2D eigenvalue weighted by atomic mass is 10.2. The summed E-state index contributed by atoms with van der Waals surface area (Å²) in [5.41, 5.74) is 1.59. The smallest absolute Gasteiger partial charge is 0.364 e. The zero-order valence-electron chi connectivity index (χ0n) is 10.8. The van der Waals surface area contributed by atoms with Gasteiger partial charge in [0.1, 0.15) is 17.2 Å². The molecule has 0 aliphatic heterocycles. The van der Waals surface area contributed by atoms with Crippen LogP contribution in [0.2, 0.25) is 0 Å². The van der Waals surface area contributed by atoms with Crippen LogP contribution in [0.3, 0.4) is 0 Å². The van der Waals surface area contributed by atoms with E-state index in [0.717, 1.165) is 5.39 Å². The molecule has 2 aromatic carbocycles. The Hall–Kier alpha value is -2.95. The minimum absolute atomic E-state index is 0.244. The first kappa shape index (κ1) is 11.8. The summed E-state index contributed by atoms with van der Waals surface area (Å²) in [5.74, 6) is 0.188. The average molecular weight is 280 g/mol. The second-order valence-corrected chi connectivity index (χ2v) is 4.70. The third-order valence-electron chi connectivity index (χ3n) is 3.37. The highest BCUT2D eigenvalue weighted by atomic mass is 19.1. The lowest BCUT2D eigenvalue weighted by Gasteiger charge is -1.96. The summed E-state index contributed by atoms with van der Waals surface area (Å²) in [7, 11) is 0. The summed E-state index contributed by atoms with van der Waals surface area (Å²) >= 11 is 0. The number of H-pyrrole nitrogens is 1. The first-order valence-electron chi connectivity index (χ1n) is 6.40. The molecule has 0 bridgehead atoms. The molecule has 4 aromatic rings. The Morgan fingerprint density at radius 3 is 2.62 bits per heavy atom. The van der Waals surface area contributed by atoms with E-state index in [1.54, 1.807) is 24.3 Å². The van der Waals surface area contributed by atoms with Crippen LogP contribution in [0.1, 0.15) is 0 Å². The van der Waals surface area contributed by atoms with Crippen LogP contribution in [0.5, 0.6) is 0 Å². The molecule has 0 aliphatic rings. The van der Waals surface area contributed by atoms with Crippen LogP contribution in [0.25, 0.3) is 33.4 Å². The minimum atomic E-state index is -0.492. The fourth-order valence-electron chi connectivity index (χ4n) is 2.37. The Morgan fingerprint density at radius 1 is 1.05 bits per heavy atom. The second kappa shape index (κ2) is 4.28. The van der Waals surface area contributed by atoms with Crippen LogP contribution >= 0.6 is 0 Å². The van der Waals surface area contributed by atoms with Gasteiger partial charge in [0.2, 0.25) is 0 Å². The van der Waals surface area contributed by atoms with Gasteiger partial charge in [-0.1, -0.05) is 12.1 Å². The standard InChI is InChI=1S/C16H9FN2O2/c17-10-7-5-9(6-8-10)15-18-13-11-3-1-2-4-12(11)21-16(20)14(13)19-15/h1-8H,(H,18,19). The first-order chi connectivity index (χ1) is 10.2. The Kier molecular flexibility index (Phi) is 2.41. The van der Waals surface area contributed by atoms with Crippen molar-refractivity contribution in [2.75, 3.05) is 0 Å². The number of imidazole rings is 1. The summed E-state index contributed by atoms with van der Waals surface area (Å²) in [4.78, 5) is 19.4. The molecule has 0 amide bonds. The summed E-state index contributed by atoms with van der Waals surface area (Å²) in [6, 6.07) is 13.2. The highest BCUT2D eigenvalue weighted by molar-refractivity contribution is 6.01. The number of para-hydroxylation sites is 1. The largest absolute Gasteiger partial charge is 0.421 e. The Labute approximate surface area is 117 Å². The fraction of sp³-hybridized carbons (Fsp3) is 0. The number of nitrogens with zero attached hydrogens (tertiary/aromatic N) is 1. The number of fused-ring (bicyclic) bond motifs is 3. The van der Waals surface area contributed by atoms with Crippen molar-refractivity contribution in [2.24, 2.45) is 0 Å². The number of aromatic amines is 1. The average Bonchev–Trinajstić information content (AvgIpc) is 2.94. The summed E-state index contributed by atoms with van der Waals surface area (Å²) < 4.78 is 18.2. The van der Waals surface area contributed by atoms with E-state index in [9.17, 15) is 9.18 Å². The van der Waals surface area contributed by atoms with Crippen molar-refractivity contribution in [3.8, 4) is 11.4 Å². The van der Waals surface area contributed by atoms with Crippen molar-refractivity contribution >= 4 is 22.0 Å². The van der Waals surface area contributed by atoms with Gasteiger partial charge in [0.25, 0.3) is 0 Å². The van der Waals surface area contributed by atoms with E-state index in [4.69, 9.17) is 4.42 Å². The predicted octanol–water partition coefficient (Wildman–Crippen LogP) is 3.48. The number of hydrogen-bond acceptors (Lipinski definition) is 3. The quantitative estimate of drug-likeness (QED) is 0.543. The molecule has 1 N–H and O–H groups in total. The molecular weight excluding hydrogens is 271 g/mol. The van der Waals surface area contributed by atoms with Crippen LogP contribution in [-0.4, -0.2) is 9.97 Å². The SMILES string of the molecule is O=c1oc2ccccc2c2[nH]c(-c3ccc(F)cc3)nc12. The van der Waals surface area contributed by atoms with Gasteiger partial charge in [-0.25, -0.2) is 14.2 Å². The van der Waals surface area contributed by atoms with Crippen molar-refractivity contribution in [1.82, 2.24) is 9.97 Å². The van der Waals surface area contributed by atoms with Crippen molar-refractivity contribution < 1.29 is 8.81 Å². The molecule has 4 nitrogen and oxygen atoms in total. The predicted molar refractivity (Wildman–Crippen MR) is 77.5 cm³/mol. The Bertz CT molecular complexity index is 1020. The summed E-state index contributed by atoms with van der Waals surface area (Å²) in [6.45, 7) is 0. The third-order valence-corrected chi connectivity index (χ3v) is 3.37. The summed E-state index contributed by atoms with van der Waals surface area (Å²) in [6.07, 6.45) is 0. The van der Waals surface area contributed by atoms with E-state index in [0.29, 0.717) is 22.5 Å². The molecule has 0 saturated carbocycles. The van der Waals surface area contributed by atoms with E-state index < -0.39 is 5.63 Å². The van der Waals surface area contributed by atoms with Gasteiger partial charge in [-0.2, -0.15) is 0 Å². The highest BCUT2D eigenvalue weighted by Crippen LogP contribution is 2.24. The Balaban J connectivity index is 2.05. The maximum Gasteiger partial charge on any atom is 0.364 e. The molecule has 0 atom stereocenters. The monoisotopic (exact) mass is 280 g/mol. The molecule has 2 aromatic heterocycles. The van der Waals surface area contributed by atoms with Crippen LogP contribution < -0.4 is 5.63 Å². The molecule has 0 spiro atoms. The molecule has 4 rings (SSSR count). The number of aromatic nitrogens is 2. The molecule has 2 heterocycles. The maximum absolute atomic E-state index is 13.0. The van der Waals surface area contributed by atoms with Gasteiger partial charge in [0, 0.05) is 10.9 Å². The van der Waals surface area contributed by atoms with Crippen LogP contribution in [0, 0.1) is 5.82 Å². The maximum atomic E-state index is 13.0. The zero-order valence-corrected chi connectivity index (χ0v) is 10.8. The molecule has 0 aliphatic carbocycles. The number of halogens is 1. The molecule has 0 fully saturated rings. The highest BCUT2D eigenvalue weighted by Gasteiger charge is 2.13. The van der Waals surface area contributed by atoms with Gasteiger partial charge < -0.3 is 9.40 Å². The fourth-order valence-corrected chi connectivity index (χ4v) is 2.37. The van der Waals surface area contributed by atoms with E-state index in [1.807, 2.05) is 12.1 Å². The van der Waals surface area contributed by atoms with E-state index >= 15 is 0 Å². The van der Waals surface area contributed by atoms with E-state index in [-0.39, 0.29) is 11.3 Å². The van der Waals surface area contributed by atoms with Gasteiger partial charge in [-0.3, -0.25) is 0 Å². The van der Waals surface area contributed by atoms with Crippen molar-refractivity contribution in [1.29, 1.82) is 0 Å². The van der Waals surface area contributed by atoms with Gasteiger partial charge in [0.15, 0.2) is 5.52 Å². The zero-order chi connectivity index (χ0) is 14.4. The lowest BCUT2D eigenvalue weighted by Crippen LogP contribution is -1.99. The summed E-state index contributed by atoms with van der Waals surface area (Å²) in [5, 5.41) is 0.785. The van der Waals surface area contributed by atoms with Gasteiger partial charge >= 0.3 is 5.63 Å². The minimum Gasteiger partial charge on any atom is -0.421 e. The van der Waals surface area contributed by atoms with Gasteiger partial charge in [-0.05, 0) is 36.4 Å². The van der Waals surface area contributed by atoms with Crippen molar-refractivity contribution in [2.45, 2.75) is 0 Å². The van der Waals surface area contributed by atoms with Crippen molar-refractivity contribution in [3.63, 3.8) is 0 Å². The third kappa shape index (κ3) is 1.82. The molecule has 21 heavy (non-hydrogen) atoms. The van der Waals surface area contributed by atoms with Crippen LogP contribution in [0.4, 0.5) is 4.39 Å². The number of nitrogens with one attached hydrogen (secondary N) is 1. The first-order valence-corrected chi connectivity index (χ1v) is 6.40. The van der Waals surface area contributed by atoms with Gasteiger partial charge in [-0.15, -0.1) is 0 Å². The molecule has 5 heteroatoms. The molecule has 0 radical (unpaired) electrons. The Morgan fingerprint density at radius 2 is 1.81 bits per heavy atom. The molecule has 0 unspecified atom stereocenters. The number of benzene rings is 2. The van der Waals surface area contributed by atoms with Crippen LogP contribution in [-0.2, 0) is 0 Å². The van der Waals surface area contributed by atoms with E-state index in [1.165, 1.54) is 12.1 Å².